The average Bonchev–Trinajstić information content (AvgIpc) is 3.49. The van der Waals surface area contributed by atoms with Crippen LogP contribution in [0.1, 0.15) is 30.0 Å². The SMILES string of the molecule is OCCc1ccc(Nc2cc(-c3cccc(Cl)c3)nc(C3CC3)c2)cc1. The fourth-order valence-electron chi connectivity index (χ4n) is 3.06. The van der Waals surface area contributed by atoms with Crippen molar-refractivity contribution in [3.05, 3.63) is 76.9 Å². The normalized spacial score (nSPS) is 13.6. The summed E-state index contributed by atoms with van der Waals surface area (Å²) in [4.78, 5) is 4.86. The van der Waals surface area contributed by atoms with Crippen molar-refractivity contribution >= 4 is 23.0 Å². The minimum absolute atomic E-state index is 0.172. The number of benzene rings is 2. The Hall–Kier alpha value is -2.36. The number of nitrogens with zero attached hydrogens (tertiary/aromatic N) is 1. The van der Waals surface area contributed by atoms with Crippen molar-refractivity contribution in [1.29, 1.82) is 0 Å². The molecule has 0 bridgehead atoms. The van der Waals surface area contributed by atoms with E-state index in [-0.39, 0.29) is 6.61 Å². The van der Waals surface area contributed by atoms with E-state index in [4.69, 9.17) is 21.7 Å². The van der Waals surface area contributed by atoms with Gasteiger partial charge in [0.2, 0.25) is 0 Å². The largest absolute Gasteiger partial charge is 0.396 e. The standard InChI is InChI=1S/C22H21ClN2O/c23-18-3-1-2-17(12-18)22-14-20(13-21(25-22)16-6-7-16)24-19-8-4-15(5-9-19)10-11-26/h1-5,8-9,12-14,16,26H,6-7,10-11H2,(H,24,25). The van der Waals surface area contributed by atoms with E-state index in [0.29, 0.717) is 12.3 Å². The molecule has 3 aromatic rings. The molecule has 0 radical (unpaired) electrons. The highest BCUT2D eigenvalue weighted by molar-refractivity contribution is 6.30. The third kappa shape index (κ3) is 4.06. The first-order valence-electron chi connectivity index (χ1n) is 8.96. The van der Waals surface area contributed by atoms with Crippen LogP contribution in [0.15, 0.2) is 60.7 Å². The highest BCUT2D eigenvalue weighted by atomic mass is 35.5. The summed E-state index contributed by atoms with van der Waals surface area (Å²) in [5.74, 6) is 0.571. The van der Waals surface area contributed by atoms with E-state index in [1.54, 1.807) is 0 Å². The number of aliphatic hydroxyl groups is 1. The number of aliphatic hydroxyl groups excluding tert-OH is 1. The number of pyridine rings is 1. The maximum atomic E-state index is 9.04. The van der Waals surface area contributed by atoms with Crippen LogP contribution >= 0.6 is 11.6 Å². The summed E-state index contributed by atoms with van der Waals surface area (Å²) in [5.41, 5.74) is 6.30. The van der Waals surface area contributed by atoms with E-state index in [1.165, 1.54) is 12.8 Å². The molecule has 1 aliphatic carbocycles. The quantitative estimate of drug-likeness (QED) is 0.602. The Morgan fingerprint density at radius 2 is 1.81 bits per heavy atom. The molecule has 0 amide bonds. The third-order valence-electron chi connectivity index (χ3n) is 4.60. The minimum Gasteiger partial charge on any atom is -0.396 e. The number of hydrogen-bond donors (Lipinski definition) is 2. The lowest BCUT2D eigenvalue weighted by Gasteiger charge is -2.12. The molecule has 132 valence electrons. The minimum atomic E-state index is 0.172. The van der Waals surface area contributed by atoms with Gasteiger partial charge in [-0.2, -0.15) is 0 Å². The van der Waals surface area contributed by atoms with Gasteiger partial charge in [0.05, 0.1) is 5.69 Å². The first-order valence-corrected chi connectivity index (χ1v) is 9.34. The van der Waals surface area contributed by atoms with E-state index < -0.39 is 0 Å². The molecule has 0 unspecified atom stereocenters. The van der Waals surface area contributed by atoms with E-state index >= 15 is 0 Å². The van der Waals surface area contributed by atoms with Crippen LogP contribution in [0, 0.1) is 0 Å². The van der Waals surface area contributed by atoms with Crippen LogP contribution in [0.3, 0.4) is 0 Å². The number of nitrogens with one attached hydrogen (secondary N) is 1. The molecule has 0 spiro atoms. The summed E-state index contributed by atoms with van der Waals surface area (Å²) in [6.45, 7) is 0.172. The molecule has 0 saturated heterocycles. The van der Waals surface area contributed by atoms with E-state index in [1.807, 2.05) is 48.5 Å². The summed E-state index contributed by atoms with van der Waals surface area (Å²) >= 11 is 6.16. The molecule has 3 nitrogen and oxygen atoms in total. The second-order valence-electron chi connectivity index (χ2n) is 6.75. The Kier molecular flexibility index (Phi) is 4.91. The highest BCUT2D eigenvalue weighted by Crippen LogP contribution is 2.41. The first-order chi connectivity index (χ1) is 12.7. The highest BCUT2D eigenvalue weighted by Gasteiger charge is 2.26. The number of hydrogen-bond acceptors (Lipinski definition) is 3. The molecular formula is C22H21ClN2O. The van der Waals surface area contributed by atoms with Crippen molar-refractivity contribution in [2.45, 2.75) is 25.2 Å². The van der Waals surface area contributed by atoms with Gasteiger partial charge < -0.3 is 10.4 Å². The molecule has 1 aliphatic rings. The van der Waals surface area contributed by atoms with Gasteiger partial charge >= 0.3 is 0 Å². The first kappa shape index (κ1) is 17.1. The predicted molar refractivity (Wildman–Crippen MR) is 107 cm³/mol. The summed E-state index contributed by atoms with van der Waals surface area (Å²) in [5, 5.41) is 13.2. The summed E-state index contributed by atoms with van der Waals surface area (Å²) in [7, 11) is 0. The Bertz CT molecular complexity index is 904. The molecular weight excluding hydrogens is 344 g/mol. The van der Waals surface area contributed by atoms with Crippen LogP contribution in [0.25, 0.3) is 11.3 Å². The van der Waals surface area contributed by atoms with E-state index in [0.717, 1.165) is 38.9 Å². The molecule has 1 aromatic heterocycles. The fraction of sp³-hybridized carbons (Fsp3) is 0.227. The van der Waals surface area contributed by atoms with Crippen molar-refractivity contribution < 1.29 is 5.11 Å². The van der Waals surface area contributed by atoms with Gasteiger partial charge in [0.1, 0.15) is 0 Å². The molecule has 1 heterocycles. The summed E-state index contributed by atoms with van der Waals surface area (Å²) in [6.07, 6.45) is 3.10. The van der Waals surface area contributed by atoms with Gasteiger partial charge in [-0.15, -0.1) is 0 Å². The van der Waals surface area contributed by atoms with Gasteiger partial charge in [-0.3, -0.25) is 4.98 Å². The van der Waals surface area contributed by atoms with E-state index in [2.05, 4.69) is 17.4 Å². The maximum Gasteiger partial charge on any atom is 0.0726 e. The Morgan fingerprint density at radius 3 is 2.50 bits per heavy atom. The lowest BCUT2D eigenvalue weighted by atomic mass is 10.1. The van der Waals surface area contributed by atoms with E-state index in [9.17, 15) is 0 Å². The molecule has 1 fully saturated rings. The Morgan fingerprint density at radius 1 is 1.00 bits per heavy atom. The molecule has 2 N–H and O–H groups in total. The Balaban J connectivity index is 1.64. The van der Waals surface area contributed by atoms with Gasteiger partial charge in [0, 0.05) is 40.2 Å². The zero-order valence-electron chi connectivity index (χ0n) is 14.5. The lowest BCUT2D eigenvalue weighted by molar-refractivity contribution is 0.299. The monoisotopic (exact) mass is 364 g/mol. The topological polar surface area (TPSA) is 45.1 Å². The molecule has 4 heteroatoms. The molecule has 4 rings (SSSR count). The Labute approximate surface area is 158 Å². The zero-order valence-corrected chi connectivity index (χ0v) is 15.2. The number of anilines is 2. The second kappa shape index (κ2) is 7.48. The molecule has 0 atom stereocenters. The third-order valence-corrected chi connectivity index (χ3v) is 4.84. The van der Waals surface area contributed by atoms with Crippen molar-refractivity contribution in [3.8, 4) is 11.3 Å². The second-order valence-corrected chi connectivity index (χ2v) is 7.18. The summed E-state index contributed by atoms with van der Waals surface area (Å²) in [6, 6.07) is 20.2. The lowest BCUT2D eigenvalue weighted by Crippen LogP contribution is -1.97. The van der Waals surface area contributed by atoms with Crippen LogP contribution in [0.2, 0.25) is 5.02 Å². The van der Waals surface area contributed by atoms with Gasteiger partial charge in [-0.25, -0.2) is 0 Å². The molecule has 1 saturated carbocycles. The van der Waals surface area contributed by atoms with Crippen molar-refractivity contribution in [3.63, 3.8) is 0 Å². The van der Waals surface area contributed by atoms with Crippen LogP contribution in [0.4, 0.5) is 11.4 Å². The predicted octanol–water partition coefficient (Wildman–Crippen LogP) is 5.56. The zero-order chi connectivity index (χ0) is 17.9. The fourth-order valence-corrected chi connectivity index (χ4v) is 3.25. The van der Waals surface area contributed by atoms with Gasteiger partial charge in [0.15, 0.2) is 0 Å². The molecule has 2 aromatic carbocycles. The van der Waals surface area contributed by atoms with Gasteiger partial charge in [-0.05, 0) is 61.2 Å². The maximum absolute atomic E-state index is 9.04. The molecule has 0 aliphatic heterocycles. The van der Waals surface area contributed by atoms with Crippen molar-refractivity contribution in [1.82, 2.24) is 4.98 Å². The van der Waals surface area contributed by atoms with Crippen LogP contribution < -0.4 is 5.32 Å². The van der Waals surface area contributed by atoms with Crippen LogP contribution in [-0.4, -0.2) is 16.7 Å². The number of halogens is 1. The van der Waals surface area contributed by atoms with Gasteiger partial charge in [-0.1, -0.05) is 35.9 Å². The van der Waals surface area contributed by atoms with Crippen LogP contribution in [-0.2, 0) is 6.42 Å². The molecule has 26 heavy (non-hydrogen) atoms. The van der Waals surface area contributed by atoms with Gasteiger partial charge in [0.25, 0.3) is 0 Å². The van der Waals surface area contributed by atoms with Crippen molar-refractivity contribution in [2.24, 2.45) is 0 Å². The van der Waals surface area contributed by atoms with Crippen molar-refractivity contribution in [2.75, 3.05) is 11.9 Å². The average molecular weight is 365 g/mol. The van der Waals surface area contributed by atoms with Crippen LogP contribution in [0.5, 0.6) is 0 Å². The number of rotatable bonds is 6. The number of aromatic nitrogens is 1. The smallest absolute Gasteiger partial charge is 0.0726 e. The summed E-state index contributed by atoms with van der Waals surface area (Å²) < 4.78 is 0.